The Morgan fingerprint density at radius 1 is 1.15 bits per heavy atom. The predicted octanol–water partition coefficient (Wildman–Crippen LogP) is 3.59. The van der Waals surface area contributed by atoms with Gasteiger partial charge in [-0.1, -0.05) is 20.8 Å². The summed E-state index contributed by atoms with van der Waals surface area (Å²) in [6.45, 7) is 10.5. The molecule has 1 unspecified atom stereocenters. The summed E-state index contributed by atoms with van der Waals surface area (Å²) in [6.07, 6.45) is 7.93. The number of nitrogens with one attached hydrogen (secondary N) is 1. The molecule has 0 aliphatic carbocycles. The summed E-state index contributed by atoms with van der Waals surface area (Å²) < 4.78 is 6.18. The van der Waals surface area contributed by atoms with Gasteiger partial charge in [0.15, 0.2) is 0 Å². The van der Waals surface area contributed by atoms with E-state index in [1.807, 2.05) is 12.4 Å². The summed E-state index contributed by atoms with van der Waals surface area (Å²) >= 11 is 0. The Bertz CT molecular complexity index is 349. The van der Waals surface area contributed by atoms with Crippen molar-refractivity contribution in [2.24, 2.45) is 0 Å². The lowest BCUT2D eigenvalue weighted by Crippen LogP contribution is -2.53. The highest BCUT2D eigenvalue weighted by Crippen LogP contribution is 2.27. The minimum absolute atomic E-state index is 0.0762. The fourth-order valence-corrected chi connectivity index (χ4v) is 2.85. The number of rotatable bonds is 10. The maximum atomic E-state index is 6.18. The molecular formula is C17H30N2O. The van der Waals surface area contributed by atoms with Crippen molar-refractivity contribution >= 4 is 0 Å². The normalized spacial score (nSPS) is 13.4. The van der Waals surface area contributed by atoms with Gasteiger partial charge in [-0.15, -0.1) is 0 Å². The highest BCUT2D eigenvalue weighted by molar-refractivity contribution is 5.13. The van der Waals surface area contributed by atoms with E-state index in [-0.39, 0.29) is 5.60 Å². The number of nitrogens with zero attached hydrogens (tertiary/aromatic N) is 1. The number of aromatic nitrogens is 1. The van der Waals surface area contributed by atoms with Crippen LogP contribution in [0.15, 0.2) is 24.5 Å². The molecule has 114 valence electrons. The third kappa shape index (κ3) is 4.57. The Balaban J connectivity index is 2.90. The second-order valence-electron chi connectivity index (χ2n) is 5.27. The van der Waals surface area contributed by atoms with Gasteiger partial charge in [-0.3, -0.25) is 4.98 Å². The molecule has 0 aliphatic rings. The second kappa shape index (κ2) is 9.09. The van der Waals surface area contributed by atoms with Gasteiger partial charge < -0.3 is 10.1 Å². The molecule has 0 fully saturated rings. The van der Waals surface area contributed by atoms with Gasteiger partial charge in [0.1, 0.15) is 0 Å². The first-order valence-corrected chi connectivity index (χ1v) is 7.98. The number of hydrogen-bond donors (Lipinski definition) is 1. The predicted molar refractivity (Wildman–Crippen MR) is 85.0 cm³/mol. The van der Waals surface area contributed by atoms with Gasteiger partial charge in [0.25, 0.3) is 0 Å². The zero-order chi connectivity index (χ0) is 14.8. The Kier molecular flexibility index (Phi) is 7.78. The lowest BCUT2D eigenvalue weighted by Gasteiger charge is -2.40. The van der Waals surface area contributed by atoms with E-state index < -0.39 is 0 Å². The van der Waals surface area contributed by atoms with Gasteiger partial charge >= 0.3 is 0 Å². The minimum atomic E-state index is -0.0762. The van der Waals surface area contributed by atoms with Crippen LogP contribution in [0.2, 0.25) is 0 Å². The fourth-order valence-electron chi connectivity index (χ4n) is 2.85. The second-order valence-corrected chi connectivity index (χ2v) is 5.27. The van der Waals surface area contributed by atoms with Crippen molar-refractivity contribution < 1.29 is 4.74 Å². The maximum Gasteiger partial charge on any atom is 0.0832 e. The molecule has 1 atom stereocenters. The average Bonchev–Trinajstić information content (AvgIpc) is 2.50. The summed E-state index contributed by atoms with van der Waals surface area (Å²) in [5.74, 6) is 0. The quantitative estimate of drug-likeness (QED) is 0.710. The van der Waals surface area contributed by atoms with Crippen LogP contribution in [0.5, 0.6) is 0 Å². The van der Waals surface area contributed by atoms with Crippen molar-refractivity contribution in [3.8, 4) is 0 Å². The molecule has 1 aromatic heterocycles. The molecule has 0 bridgehead atoms. The van der Waals surface area contributed by atoms with E-state index in [9.17, 15) is 0 Å². The van der Waals surface area contributed by atoms with E-state index >= 15 is 0 Å². The van der Waals surface area contributed by atoms with Crippen LogP contribution in [0.25, 0.3) is 0 Å². The van der Waals surface area contributed by atoms with Gasteiger partial charge in [-0.2, -0.15) is 0 Å². The molecule has 1 rings (SSSR count). The molecule has 20 heavy (non-hydrogen) atoms. The Labute approximate surface area is 124 Å². The third-order valence-corrected chi connectivity index (χ3v) is 4.09. The Hall–Kier alpha value is -0.930. The van der Waals surface area contributed by atoms with Crippen LogP contribution < -0.4 is 5.32 Å². The van der Waals surface area contributed by atoms with E-state index in [1.54, 1.807) is 0 Å². The Morgan fingerprint density at radius 2 is 1.80 bits per heavy atom. The van der Waals surface area contributed by atoms with E-state index in [2.05, 4.69) is 50.1 Å². The van der Waals surface area contributed by atoms with E-state index in [1.165, 1.54) is 5.56 Å². The molecule has 0 aliphatic heterocycles. The standard InChI is InChI=1S/C17H30N2O/c1-5-11-19-16(14-15-9-12-18-13-10-15)17(6-2,7-3)20-8-4/h9-10,12-13,16,19H,5-8,11,14H2,1-4H3. The summed E-state index contributed by atoms with van der Waals surface area (Å²) in [5, 5.41) is 3.70. The third-order valence-electron chi connectivity index (χ3n) is 4.09. The van der Waals surface area contributed by atoms with Crippen LogP contribution in [-0.2, 0) is 11.2 Å². The van der Waals surface area contributed by atoms with Gasteiger partial charge in [-0.25, -0.2) is 0 Å². The van der Waals surface area contributed by atoms with E-state index in [0.717, 1.165) is 38.8 Å². The highest BCUT2D eigenvalue weighted by Gasteiger charge is 2.36. The average molecular weight is 278 g/mol. The smallest absolute Gasteiger partial charge is 0.0832 e. The SMILES string of the molecule is CCCNC(Cc1ccncc1)C(CC)(CC)OCC. The molecule has 0 aromatic carbocycles. The zero-order valence-corrected chi connectivity index (χ0v) is 13.5. The summed E-state index contributed by atoms with van der Waals surface area (Å²) in [5.41, 5.74) is 1.24. The van der Waals surface area contributed by atoms with Gasteiger partial charge in [0.2, 0.25) is 0 Å². The van der Waals surface area contributed by atoms with Crippen LogP contribution in [0.1, 0.15) is 52.5 Å². The van der Waals surface area contributed by atoms with Gasteiger partial charge in [-0.05, 0) is 56.8 Å². The number of hydrogen-bond acceptors (Lipinski definition) is 3. The van der Waals surface area contributed by atoms with E-state index in [4.69, 9.17) is 4.74 Å². The van der Waals surface area contributed by atoms with Gasteiger partial charge in [0.05, 0.1) is 5.60 Å². The van der Waals surface area contributed by atoms with Crippen molar-refractivity contribution in [3.05, 3.63) is 30.1 Å². The minimum Gasteiger partial charge on any atom is -0.374 e. The molecule has 0 saturated heterocycles. The first-order chi connectivity index (χ1) is 9.72. The summed E-state index contributed by atoms with van der Waals surface area (Å²) in [6, 6.07) is 4.55. The van der Waals surface area contributed by atoms with Crippen LogP contribution >= 0.6 is 0 Å². The lowest BCUT2D eigenvalue weighted by molar-refractivity contribution is -0.0718. The zero-order valence-electron chi connectivity index (χ0n) is 13.5. The van der Waals surface area contributed by atoms with Crippen LogP contribution in [-0.4, -0.2) is 29.8 Å². The summed E-state index contributed by atoms with van der Waals surface area (Å²) in [7, 11) is 0. The Morgan fingerprint density at radius 3 is 2.30 bits per heavy atom. The number of ether oxygens (including phenoxy) is 1. The first-order valence-electron chi connectivity index (χ1n) is 7.98. The molecule has 1 N–H and O–H groups in total. The van der Waals surface area contributed by atoms with Crippen molar-refractivity contribution in [1.82, 2.24) is 10.3 Å². The van der Waals surface area contributed by atoms with Crippen LogP contribution in [0, 0.1) is 0 Å². The van der Waals surface area contributed by atoms with E-state index in [0.29, 0.717) is 6.04 Å². The largest absolute Gasteiger partial charge is 0.374 e. The first kappa shape index (κ1) is 17.1. The molecule has 1 aromatic rings. The molecule has 1 heterocycles. The summed E-state index contributed by atoms with van der Waals surface area (Å²) in [4.78, 5) is 4.10. The molecule has 3 heteroatoms. The van der Waals surface area contributed by atoms with Crippen LogP contribution in [0.4, 0.5) is 0 Å². The number of pyridine rings is 1. The molecule has 0 amide bonds. The van der Waals surface area contributed by atoms with Gasteiger partial charge in [0, 0.05) is 25.0 Å². The van der Waals surface area contributed by atoms with Crippen molar-refractivity contribution in [1.29, 1.82) is 0 Å². The molecule has 3 nitrogen and oxygen atoms in total. The van der Waals surface area contributed by atoms with Crippen LogP contribution in [0.3, 0.4) is 0 Å². The van der Waals surface area contributed by atoms with Crippen molar-refractivity contribution in [2.45, 2.75) is 65.0 Å². The maximum absolute atomic E-state index is 6.18. The fraction of sp³-hybridized carbons (Fsp3) is 0.706. The highest BCUT2D eigenvalue weighted by atomic mass is 16.5. The lowest BCUT2D eigenvalue weighted by atomic mass is 9.84. The molecule has 0 radical (unpaired) electrons. The molecule has 0 spiro atoms. The van der Waals surface area contributed by atoms with Crippen molar-refractivity contribution in [2.75, 3.05) is 13.2 Å². The topological polar surface area (TPSA) is 34.2 Å². The molecule has 0 saturated carbocycles. The molecular weight excluding hydrogens is 248 g/mol. The monoisotopic (exact) mass is 278 g/mol. The van der Waals surface area contributed by atoms with Crippen molar-refractivity contribution in [3.63, 3.8) is 0 Å².